The number of nitrogens with zero attached hydrogens (tertiary/aromatic N) is 1. The highest BCUT2D eigenvalue weighted by Crippen LogP contribution is 2.14. The summed E-state index contributed by atoms with van der Waals surface area (Å²) in [4.78, 5) is 9.74. The molecule has 0 aliphatic carbocycles. The predicted octanol–water partition coefficient (Wildman–Crippen LogP) is 0.0371. The molecule has 0 fully saturated rings. The summed E-state index contributed by atoms with van der Waals surface area (Å²) in [6, 6.07) is 3.96. The summed E-state index contributed by atoms with van der Waals surface area (Å²) in [7, 11) is -1.84. The van der Waals surface area contributed by atoms with Crippen LogP contribution < -0.4 is 5.46 Å². The van der Waals surface area contributed by atoms with E-state index in [9.17, 15) is 10.1 Å². The van der Waals surface area contributed by atoms with Crippen LogP contribution in [-0.2, 0) is 0 Å². The van der Waals surface area contributed by atoms with Gasteiger partial charge in [-0.15, -0.1) is 0 Å². The molecule has 1 rings (SSSR count). The molecule has 0 aromatic heterocycles. The maximum absolute atomic E-state index is 10.4. The maximum Gasteiger partial charge on any atom is 0.495 e. The first kappa shape index (κ1) is 10.2. The first-order chi connectivity index (χ1) is 6.02. The second-order valence-corrected chi connectivity index (χ2v) is 3.25. The Hall–Kier alpha value is -0.915. The van der Waals surface area contributed by atoms with Gasteiger partial charge >= 0.3 is 7.12 Å². The molecule has 0 heterocycles. The molecule has 0 amide bonds. The van der Waals surface area contributed by atoms with Crippen molar-refractivity contribution in [3.05, 3.63) is 32.8 Å². The Labute approximate surface area is 82.4 Å². The van der Waals surface area contributed by atoms with Gasteiger partial charge in [0.05, 0.1) is 10.4 Å². The largest absolute Gasteiger partial charge is 0.495 e. The third-order valence-corrected chi connectivity index (χ3v) is 1.96. The first-order valence-electron chi connectivity index (χ1n) is 3.32. The minimum Gasteiger partial charge on any atom is -0.423 e. The van der Waals surface area contributed by atoms with Crippen LogP contribution in [0.1, 0.15) is 0 Å². The molecule has 0 bridgehead atoms. The Balaban J connectivity index is 3.26. The topological polar surface area (TPSA) is 83.6 Å². The van der Waals surface area contributed by atoms with Crippen molar-refractivity contribution < 1.29 is 15.0 Å². The van der Waals surface area contributed by atoms with Crippen LogP contribution in [0.15, 0.2) is 22.7 Å². The maximum atomic E-state index is 10.4. The number of rotatable bonds is 2. The summed E-state index contributed by atoms with van der Waals surface area (Å²) in [6.45, 7) is 0. The number of nitro benzene ring substituents is 1. The van der Waals surface area contributed by atoms with Crippen molar-refractivity contribution in [2.75, 3.05) is 0 Å². The monoisotopic (exact) mass is 245 g/mol. The van der Waals surface area contributed by atoms with Gasteiger partial charge in [-0.3, -0.25) is 10.1 Å². The van der Waals surface area contributed by atoms with Crippen LogP contribution in [-0.4, -0.2) is 22.1 Å². The fourth-order valence-corrected chi connectivity index (χ4v) is 1.28. The Kier molecular flexibility index (Phi) is 3.02. The van der Waals surface area contributed by atoms with Crippen molar-refractivity contribution in [1.29, 1.82) is 0 Å². The Morgan fingerprint density at radius 2 is 2.08 bits per heavy atom. The third kappa shape index (κ3) is 2.27. The van der Waals surface area contributed by atoms with E-state index in [-0.39, 0.29) is 11.2 Å². The van der Waals surface area contributed by atoms with E-state index < -0.39 is 12.0 Å². The third-order valence-electron chi connectivity index (χ3n) is 1.46. The van der Waals surface area contributed by atoms with Crippen LogP contribution in [0.4, 0.5) is 5.69 Å². The van der Waals surface area contributed by atoms with Gasteiger partial charge in [0, 0.05) is 10.5 Å². The highest BCUT2D eigenvalue weighted by atomic mass is 79.9. The quantitative estimate of drug-likeness (QED) is 0.438. The molecule has 13 heavy (non-hydrogen) atoms. The lowest BCUT2D eigenvalue weighted by Crippen LogP contribution is -2.31. The van der Waals surface area contributed by atoms with Crippen LogP contribution in [0.5, 0.6) is 0 Å². The van der Waals surface area contributed by atoms with E-state index >= 15 is 0 Å². The smallest absolute Gasteiger partial charge is 0.423 e. The van der Waals surface area contributed by atoms with E-state index in [1.165, 1.54) is 18.2 Å². The summed E-state index contributed by atoms with van der Waals surface area (Å²) in [5.41, 5.74) is -0.433. The van der Waals surface area contributed by atoms with Gasteiger partial charge in [-0.05, 0) is 12.1 Å². The summed E-state index contributed by atoms with van der Waals surface area (Å²) in [5, 5.41) is 28.0. The summed E-state index contributed by atoms with van der Waals surface area (Å²) >= 11 is 3.07. The molecule has 1 aromatic carbocycles. The van der Waals surface area contributed by atoms with E-state index in [4.69, 9.17) is 10.0 Å². The van der Waals surface area contributed by atoms with Crippen LogP contribution in [0.3, 0.4) is 0 Å². The number of hydrogen-bond donors (Lipinski definition) is 2. The fraction of sp³-hybridized carbons (Fsp3) is 0. The van der Waals surface area contributed by atoms with Gasteiger partial charge in [-0.25, -0.2) is 0 Å². The average Bonchev–Trinajstić information content (AvgIpc) is 2.03. The number of halogens is 1. The van der Waals surface area contributed by atoms with Gasteiger partial charge in [0.15, 0.2) is 0 Å². The highest BCUT2D eigenvalue weighted by Gasteiger charge is 2.23. The number of benzene rings is 1. The molecule has 68 valence electrons. The average molecular weight is 246 g/mol. The molecule has 0 aliphatic rings. The zero-order chi connectivity index (χ0) is 10.0. The minimum atomic E-state index is -1.84. The van der Waals surface area contributed by atoms with Gasteiger partial charge in [0.2, 0.25) is 0 Å². The Bertz CT molecular complexity index is 343. The number of hydrogen-bond acceptors (Lipinski definition) is 4. The molecular weight excluding hydrogens is 241 g/mol. The van der Waals surface area contributed by atoms with Crippen molar-refractivity contribution in [2.24, 2.45) is 0 Å². The van der Waals surface area contributed by atoms with E-state index in [1.54, 1.807) is 0 Å². The molecule has 2 N–H and O–H groups in total. The second kappa shape index (κ2) is 3.86. The Morgan fingerprint density at radius 1 is 1.46 bits per heavy atom. The van der Waals surface area contributed by atoms with Gasteiger partial charge in [0.25, 0.3) is 5.69 Å². The predicted molar refractivity (Wildman–Crippen MR) is 50.6 cm³/mol. The number of nitro groups is 1. The van der Waals surface area contributed by atoms with Crippen LogP contribution in [0, 0.1) is 10.1 Å². The fourth-order valence-electron chi connectivity index (χ4n) is 0.898. The van der Waals surface area contributed by atoms with Gasteiger partial charge in [0.1, 0.15) is 0 Å². The molecule has 0 saturated carbocycles. The lowest BCUT2D eigenvalue weighted by atomic mass is 9.79. The second-order valence-electron chi connectivity index (χ2n) is 2.33. The van der Waals surface area contributed by atoms with Crippen molar-refractivity contribution in [2.45, 2.75) is 0 Å². The minimum absolute atomic E-state index is 0.126. The first-order valence-corrected chi connectivity index (χ1v) is 4.11. The molecule has 0 radical (unpaired) electrons. The van der Waals surface area contributed by atoms with Crippen molar-refractivity contribution in [3.63, 3.8) is 0 Å². The van der Waals surface area contributed by atoms with Gasteiger partial charge in [-0.1, -0.05) is 15.9 Å². The molecule has 0 spiro atoms. The van der Waals surface area contributed by atoms with E-state index in [1.807, 2.05) is 0 Å². The zero-order valence-corrected chi connectivity index (χ0v) is 7.93. The summed E-state index contributed by atoms with van der Waals surface area (Å²) in [5.74, 6) is 0. The standard InChI is InChI=1S/C6H5BBrNO4/c8-4-1-2-6(9(12)13)5(3-4)7(10)11/h1-3,10-11H. The van der Waals surface area contributed by atoms with E-state index in [0.717, 1.165) is 0 Å². The van der Waals surface area contributed by atoms with Crippen molar-refractivity contribution >= 4 is 34.2 Å². The van der Waals surface area contributed by atoms with Crippen molar-refractivity contribution in [1.82, 2.24) is 0 Å². The SMILES string of the molecule is O=[N+]([O-])c1ccc(Br)cc1B(O)O. The van der Waals surface area contributed by atoms with Crippen LogP contribution in [0.25, 0.3) is 0 Å². The molecular formula is C6H5BBrNO4. The molecule has 7 heteroatoms. The zero-order valence-electron chi connectivity index (χ0n) is 6.35. The Morgan fingerprint density at radius 3 is 2.54 bits per heavy atom. The molecule has 1 aromatic rings. The summed E-state index contributed by atoms with van der Waals surface area (Å²) in [6.07, 6.45) is 0. The summed E-state index contributed by atoms with van der Waals surface area (Å²) < 4.78 is 0.557. The van der Waals surface area contributed by atoms with Gasteiger partial charge < -0.3 is 10.0 Å². The highest BCUT2D eigenvalue weighted by molar-refractivity contribution is 9.10. The molecule has 0 unspecified atom stereocenters. The molecule has 5 nitrogen and oxygen atoms in total. The lowest BCUT2D eigenvalue weighted by Gasteiger charge is -2.01. The molecule has 0 aliphatic heterocycles. The van der Waals surface area contributed by atoms with Gasteiger partial charge in [-0.2, -0.15) is 0 Å². The van der Waals surface area contributed by atoms with Crippen LogP contribution in [0.2, 0.25) is 0 Å². The molecule has 0 atom stereocenters. The molecule has 0 saturated heterocycles. The normalized spacial score (nSPS) is 9.77. The lowest BCUT2D eigenvalue weighted by molar-refractivity contribution is -0.383. The van der Waals surface area contributed by atoms with Crippen molar-refractivity contribution in [3.8, 4) is 0 Å². The van der Waals surface area contributed by atoms with Crippen LogP contribution >= 0.6 is 15.9 Å². The van der Waals surface area contributed by atoms with E-state index in [2.05, 4.69) is 15.9 Å². The van der Waals surface area contributed by atoms with E-state index in [0.29, 0.717) is 4.47 Å².